The standard InChI is InChI=1S/C41H60N2O3/c1-26(2)29-16-21-41(25-42-24-34(44)43(8)9)23-22-39(6)31(35(29)41)14-15-33-38(5)19-17-30(27-10-12-28(13-11-27)36(45)46)37(3,4)32(38)18-20-40(33,39)7/h10-13,17,29,31-33,35,42H,1,14-16,18-25H2,2-9H3,(H,45,46)/t29-,31+,32-,33+,35+,38-,39+,40+,41+/m0/s1. The molecule has 4 saturated carbocycles. The minimum Gasteiger partial charge on any atom is -0.478 e. The Balaban J connectivity index is 1.31. The molecule has 0 aromatic heterocycles. The minimum atomic E-state index is -0.866. The summed E-state index contributed by atoms with van der Waals surface area (Å²) in [5.74, 6) is 2.47. The second-order valence-corrected chi connectivity index (χ2v) is 17.9. The lowest BCUT2D eigenvalue weighted by Gasteiger charge is -2.72. The summed E-state index contributed by atoms with van der Waals surface area (Å²) in [5, 5.41) is 13.1. The van der Waals surface area contributed by atoms with Crippen molar-refractivity contribution in [2.45, 2.75) is 99.3 Å². The summed E-state index contributed by atoms with van der Waals surface area (Å²) in [6.45, 7) is 21.2. The van der Waals surface area contributed by atoms with Gasteiger partial charge >= 0.3 is 5.97 Å². The van der Waals surface area contributed by atoms with E-state index in [4.69, 9.17) is 0 Å². The summed E-state index contributed by atoms with van der Waals surface area (Å²) in [7, 11) is 3.70. The number of carboxylic acid groups (broad SMARTS) is 1. The van der Waals surface area contributed by atoms with Gasteiger partial charge in [-0.1, -0.05) is 65.0 Å². The highest BCUT2D eigenvalue weighted by molar-refractivity contribution is 5.88. The molecule has 0 unspecified atom stereocenters. The Morgan fingerprint density at radius 1 is 0.913 bits per heavy atom. The van der Waals surface area contributed by atoms with Crippen molar-refractivity contribution in [1.82, 2.24) is 10.2 Å². The average Bonchev–Trinajstić information content (AvgIpc) is 3.37. The number of benzene rings is 1. The molecule has 0 aliphatic heterocycles. The summed E-state index contributed by atoms with van der Waals surface area (Å²) in [5.41, 5.74) is 5.38. The molecule has 0 saturated heterocycles. The summed E-state index contributed by atoms with van der Waals surface area (Å²) in [6, 6.07) is 7.58. The Morgan fingerprint density at radius 3 is 2.24 bits per heavy atom. The maximum atomic E-state index is 12.5. The fraction of sp³-hybridized carbons (Fsp3) is 0.707. The van der Waals surface area contributed by atoms with Gasteiger partial charge in [-0.3, -0.25) is 4.79 Å². The van der Waals surface area contributed by atoms with Crippen LogP contribution in [0, 0.1) is 56.7 Å². The van der Waals surface area contributed by atoms with Crippen molar-refractivity contribution in [3.05, 3.63) is 53.6 Å². The van der Waals surface area contributed by atoms with E-state index >= 15 is 0 Å². The van der Waals surface area contributed by atoms with Gasteiger partial charge in [-0.25, -0.2) is 4.79 Å². The Morgan fingerprint density at radius 2 is 1.61 bits per heavy atom. The fourth-order valence-electron chi connectivity index (χ4n) is 13.1. The number of hydrogen-bond donors (Lipinski definition) is 2. The Labute approximate surface area is 278 Å². The summed E-state index contributed by atoms with van der Waals surface area (Å²) in [6.07, 6.45) is 13.8. The number of aromatic carboxylic acids is 1. The molecule has 4 fully saturated rings. The lowest BCUT2D eigenvalue weighted by atomic mass is 9.32. The number of amides is 1. The molecule has 1 aromatic rings. The van der Waals surface area contributed by atoms with Gasteiger partial charge in [-0.2, -0.15) is 0 Å². The van der Waals surface area contributed by atoms with Crippen LogP contribution in [-0.2, 0) is 4.79 Å². The molecule has 5 aliphatic rings. The summed E-state index contributed by atoms with van der Waals surface area (Å²) < 4.78 is 0. The molecule has 2 N–H and O–H groups in total. The molecule has 0 radical (unpaired) electrons. The van der Waals surface area contributed by atoms with E-state index in [1.54, 1.807) is 17.0 Å². The maximum absolute atomic E-state index is 12.5. The van der Waals surface area contributed by atoms with E-state index in [1.807, 2.05) is 26.2 Å². The van der Waals surface area contributed by atoms with Crippen molar-refractivity contribution in [2.24, 2.45) is 56.7 Å². The predicted molar refractivity (Wildman–Crippen MR) is 187 cm³/mol. The van der Waals surface area contributed by atoms with Gasteiger partial charge in [0.05, 0.1) is 12.1 Å². The molecule has 0 spiro atoms. The Bertz CT molecular complexity index is 1430. The Kier molecular flexibility index (Phi) is 8.26. The van der Waals surface area contributed by atoms with Crippen LogP contribution in [0.5, 0.6) is 0 Å². The van der Waals surface area contributed by atoms with E-state index in [0.717, 1.165) is 13.0 Å². The Hall–Kier alpha value is -2.40. The van der Waals surface area contributed by atoms with Crippen LogP contribution in [-0.4, -0.2) is 49.1 Å². The molecule has 252 valence electrons. The van der Waals surface area contributed by atoms with Crippen molar-refractivity contribution < 1.29 is 14.7 Å². The van der Waals surface area contributed by atoms with E-state index in [0.29, 0.717) is 41.7 Å². The van der Waals surface area contributed by atoms with Crippen LogP contribution in [0.3, 0.4) is 0 Å². The number of nitrogens with one attached hydrogen (secondary N) is 1. The number of likely N-dealkylation sites (N-methyl/N-ethyl adjacent to an activating group) is 1. The van der Waals surface area contributed by atoms with Crippen molar-refractivity contribution in [3.63, 3.8) is 0 Å². The van der Waals surface area contributed by atoms with E-state index < -0.39 is 5.97 Å². The SMILES string of the molecule is C=C(C)[C@@H]1CC[C@]2(CNCC(=O)N(C)C)CC[C@]3(C)[C@H](CC[C@@H]4[C@@]5(C)CC=C(c6ccc(C(=O)O)cc6)C(C)(C)[C@@H]5CC[C@]43C)[C@@H]12. The normalized spacial score (nSPS) is 40.9. The van der Waals surface area contributed by atoms with Crippen molar-refractivity contribution >= 4 is 17.4 Å². The lowest BCUT2D eigenvalue weighted by molar-refractivity contribution is -0.225. The van der Waals surface area contributed by atoms with Crippen molar-refractivity contribution in [2.75, 3.05) is 27.2 Å². The van der Waals surface area contributed by atoms with E-state index in [-0.39, 0.29) is 33.0 Å². The first-order valence-corrected chi connectivity index (χ1v) is 18.1. The van der Waals surface area contributed by atoms with Gasteiger partial charge in [0.1, 0.15) is 0 Å². The molecule has 5 nitrogen and oxygen atoms in total. The number of hydrogen-bond acceptors (Lipinski definition) is 3. The van der Waals surface area contributed by atoms with Crippen LogP contribution in [0.1, 0.15) is 115 Å². The topological polar surface area (TPSA) is 69.6 Å². The van der Waals surface area contributed by atoms with Gasteiger partial charge in [0.25, 0.3) is 0 Å². The van der Waals surface area contributed by atoms with E-state index in [9.17, 15) is 14.7 Å². The summed E-state index contributed by atoms with van der Waals surface area (Å²) in [4.78, 5) is 25.7. The third kappa shape index (κ3) is 4.79. The third-order valence-corrected chi connectivity index (χ3v) is 15.5. The molecule has 0 bridgehead atoms. The van der Waals surface area contributed by atoms with Gasteiger partial charge < -0.3 is 15.3 Å². The third-order valence-electron chi connectivity index (χ3n) is 15.5. The smallest absolute Gasteiger partial charge is 0.335 e. The van der Waals surface area contributed by atoms with Crippen LogP contribution in [0.2, 0.25) is 0 Å². The largest absolute Gasteiger partial charge is 0.478 e. The van der Waals surface area contributed by atoms with Crippen molar-refractivity contribution in [3.8, 4) is 0 Å². The first kappa shape index (κ1) is 33.5. The first-order chi connectivity index (χ1) is 21.5. The molecular weight excluding hydrogens is 568 g/mol. The lowest BCUT2D eigenvalue weighted by Crippen LogP contribution is -2.66. The van der Waals surface area contributed by atoms with E-state index in [1.165, 1.54) is 68.1 Å². The van der Waals surface area contributed by atoms with Gasteiger partial charge in [0.2, 0.25) is 5.91 Å². The number of carboxylic acids is 1. The highest BCUT2D eigenvalue weighted by Gasteiger charge is 2.70. The number of fused-ring (bicyclic) bond motifs is 7. The number of allylic oxidation sites excluding steroid dienone is 3. The first-order valence-electron chi connectivity index (χ1n) is 18.1. The second kappa shape index (κ2) is 11.3. The number of rotatable bonds is 7. The molecule has 6 rings (SSSR count). The van der Waals surface area contributed by atoms with E-state index in [2.05, 4.69) is 59.5 Å². The van der Waals surface area contributed by atoms with Crippen molar-refractivity contribution in [1.29, 1.82) is 0 Å². The highest BCUT2D eigenvalue weighted by Crippen LogP contribution is 2.77. The maximum Gasteiger partial charge on any atom is 0.335 e. The minimum absolute atomic E-state index is 0.0186. The molecule has 1 amide bonds. The zero-order valence-corrected chi connectivity index (χ0v) is 30.0. The molecule has 5 heteroatoms. The number of carbonyl (C=O) groups is 2. The summed E-state index contributed by atoms with van der Waals surface area (Å²) >= 11 is 0. The van der Waals surface area contributed by atoms with Gasteiger partial charge in [-0.05, 0) is 145 Å². The quantitative estimate of drug-likeness (QED) is 0.296. The average molecular weight is 629 g/mol. The molecule has 9 atom stereocenters. The second-order valence-electron chi connectivity index (χ2n) is 17.9. The predicted octanol–water partition coefficient (Wildman–Crippen LogP) is 8.71. The fourth-order valence-corrected chi connectivity index (χ4v) is 13.1. The highest BCUT2D eigenvalue weighted by atomic mass is 16.4. The van der Waals surface area contributed by atoms with Gasteiger partial charge in [0, 0.05) is 20.6 Å². The number of carbonyl (C=O) groups excluding carboxylic acids is 1. The molecule has 5 aliphatic carbocycles. The molecule has 46 heavy (non-hydrogen) atoms. The molecular formula is C41H60N2O3. The zero-order chi connectivity index (χ0) is 33.4. The van der Waals surface area contributed by atoms with Crippen LogP contribution in [0.15, 0.2) is 42.5 Å². The van der Waals surface area contributed by atoms with Gasteiger partial charge in [-0.15, -0.1) is 0 Å². The molecule has 0 heterocycles. The molecule has 1 aromatic carbocycles. The zero-order valence-electron chi connectivity index (χ0n) is 30.0. The monoisotopic (exact) mass is 628 g/mol. The van der Waals surface area contributed by atoms with Gasteiger partial charge in [0.15, 0.2) is 0 Å². The van der Waals surface area contributed by atoms with Crippen LogP contribution in [0.4, 0.5) is 0 Å². The van der Waals surface area contributed by atoms with Crippen LogP contribution < -0.4 is 5.32 Å². The van der Waals surface area contributed by atoms with Crippen LogP contribution >= 0.6 is 0 Å². The van der Waals surface area contributed by atoms with Crippen LogP contribution in [0.25, 0.3) is 5.57 Å². The number of nitrogens with zero attached hydrogens (tertiary/aromatic N) is 1.